The Morgan fingerprint density at radius 3 is 2.76 bits per heavy atom. The van der Waals surface area contributed by atoms with E-state index in [1.54, 1.807) is 0 Å². The number of nitrogens with one attached hydrogen (secondary N) is 1. The van der Waals surface area contributed by atoms with Crippen LogP contribution in [0.5, 0.6) is 0 Å². The molecular weight excluding hydrogens is 208 g/mol. The summed E-state index contributed by atoms with van der Waals surface area (Å²) < 4.78 is 0. The van der Waals surface area contributed by atoms with Crippen LogP contribution in [0, 0.1) is 12.8 Å². The lowest BCUT2D eigenvalue weighted by molar-refractivity contribution is 0.181. The summed E-state index contributed by atoms with van der Waals surface area (Å²) in [5.74, 6) is 0.737. The Morgan fingerprint density at radius 1 is 1.35 bits per heavy atom. The number of benzene rings is 1. The van der Waals surface area contributed by atoms with Crippen LogP contribution < -0.4 is 5.32 Å². The van der Waals surface area contributed by atoms with Gasteiger partial charge in [-0.3, -0.25) is 0 Å². The molecule has 1 aliphatic rings. The molecular formula is C15H24N2. The van der Waals surface area contributed by atoms with Crippen molar-refractivity contribution >= 4 is 0 Å². The van der Waals surface area contributed by atoms with Gasteiger partial charge in [-0.15, -0.1) is 0 Å². The summed E-state index contributed by atoms with van der Waals surface area (Å²) in [5, 5.41) is 3.53. The molecule has 94 valence electrons. The highest BCUT2D eigenvalue weighted by molar-refractivity contribution is 5.25. The Hall–Kier alpha value is -0.860. The normalized spacial score (nSPS) is 22.7. The number of nitrogens with zero attached hydrogens (tertiary/aromatic N) is 1. The van der Waals surface area contributed by atoms with Crippen molar-refractivity contribution in [2.24, 2.45) is 5.92 Å². The molecule has 0 amide bonds. The van der Waals surface area contributed by atoms with Crippen LogP contribution in [-0.2, 0) is 0 Å². The van der Waals surface area contributed by atoms with E-state index >= 15 is 0 Å². The highest BCUT2D eigenvalue weighted by Gasteiger charge is 2.26. The van der Waals surface area contributed by atoms with Crippen molar-refractivity contribution in [3.8, 4) is 0 Å². The van der Waals surface area contributed by atoms with Gasteiger partial charge >= 0.3 is 0 Å². The molecule has 1 N–H and O–H groups in total. The zero-order valence-corrected chi connectivity index (χ0v) is 11.2. The van der Waals surface area contributed by atoms with Crippen LogP contribution in [0.1, 0.15) is 30.0 Å². The average molecular weight is 232 g/mol. The standard InChI is InChI=1S/C15H24N2/c1-12-6-4-7-13(10-12)15(17(2)3)14-8-5-9-16-11-14/h4,6-7,10,14-16H,5,8-9,11H2,1-3H3. The first kappa shape index (κ1) is 12.6. The van der Waals surface area contributed by atoms with E-state index in [4.69, 9.17) is 0 Å². The number of rotatable bonds is 3. The molecule has 1 saturated heterocycles. The van der Waals surface area contributed by atoms with Crippen molar-refractivity contribution in [1.29, 1.82) is 0 Å². The second-order valence-corrected chi connectivity index (χ2v) is 5.43. The van der Waals surface area contributed by atoms with E-state index < -0.39 is 0 Å². The number of hydrogen-bond acceptors (Lipinski definition) is 2. The van der Waals surface area contributed by atoms with E-state index in [1.807, 2.05) is 0 Å². The van der Waals surface area contributed by atoms with Gasteiger partial charge in [-0.1, -0.05) is 29.8 Å². The largest absolute Gasteiger partial charge is 0.316 e. The first-order valence-corrected chi connectivity index (χ1v) is 6.62. The highest BCUT2D eigenvalue weighted by atomic mass is 15.1. The van der Waals surface area contributed by atoms with Crippen LogP contribution in [0.15, 0.2) is 24.3 Å². The van der Waals surface area contributed by atoms with Crippen molar-refractivity contribution in [1.82, 2.24) is 10.2 Å². The first-order chi connectivity index (χ1) is 8.18. The summed E-state index contributed by atoms with van der Waals surface area (Å²) >= 11 is 0. The lowest BCUT2D eigenvalue weighted by atomic mass is 9.86. The molecule has 1 aromatic carbocycles. The molecule has 1 aromatic rings. The molecule has 0 spiro atoms. The van der Waals surface area contributed by atoms with Crippen molar-refractivity contribution in [2.45, 2.75) is 25.8 Å². The Kier molecular flexibility index (Phi) is 4.19. The maximum atomic E-state index is 3.53. The fourth-order valence-corrected chi connectivity index (χ4v) is 2.99. The maximum absolute atomic E-state index is 3.53. The molecule has 1 aliphatic heterocycles. The van der Waals surface area contributed by atoms with E-state index in [0.29, 0.717) is 6.04 Å². The molecule has 2 rings (SSSR count). The minimum absolute atomic E-state index is 0.544. The Bertz CT molecular complexity index is 354. The van der Waals surface area contributed by atoms with Gasteiger partial charge < -0.3 is 10.2 Å². The van der Waals surface area contributed by atoms with Gasteiger partial charge in [-0.2, -0.15) is 0 Å². The fraction of sp³-hybridized carbons (Fsp3) is 0.600. The molecule has 2 nitrogen and oxygen atoms in total. The third kappa shape index (κ3) is 3.08. The maximum Gasteiger partial charge on any atom is 0.0382 e. The van der Waals surface area contributed by atoms with Crippen LogP contribution in [0.3, 0.4) is 0 Å². The summed E-state index contributed by atoms with van der Waals surface area (Å²) in [6.07, 6.45) is 2.64. The summed E-state index contributed by atoms with van der Waals surface area (Å²) in [4.78, 5) is 2.37. The van der Waals surface area contributed by atoms with Gasteiger partial charge in [-0.25, -0.2) is 0 Å². The average Bonchev–Trinajstić information content (AvgIpc) is 2.30. The second kappa shape index (κ2) is 5.65. The van der Waals surface area contributed by atoms with Crippen LogP contribution >= 0.6 is 0 Å². The van der Waals surface area contributed by atoms with Gasteiger partial charge in [0.2, 0.25) is 0 Å². The van der Waals surface area contributed by atoms with Gasteiger partial charge in [-0.05, 0) is 58.4 Å². The number of piperidine rings is 1. The molecule has 17 heavy (non-hydrogen) atoms. The van der Waals surface area contributed by atoms with Crippen LogP contribution in [0.4, 0.5) is 0 Å². The van der Waals surface area contributed by atoms with Crippen LogP contribution in [-0.4, -0.2) is 32.1 Å². The Balaban J connectivity index is 2.21. The molecule has 1 fully saturated rings. The van der Waals surface area contributed by atoms with Crippen LogP contribution in [0.2, 0.25) is 0 Å². The zero-order valence-electron chi connectivity index (χ0n) is 11.2. The molecule has 0 aliphatic carbocycles. The van der Waals surface area contributed by atoms with Crippen molar-refractivity contribution in [2.75, 3.05) is 27.2 Å². The molecule has 0 aromatic heterocycles. The van der Waals surface area contributed by atoms with Crippen molar-refractivity contribution in [3.05, 3.63) is 35.4 Å². The molecule has 2 unspecified atom stereocenters. The summed E-state index contributed by atoms with van der Waals surface area (Å²) in [7, 11) is 4.39. The lowest BCUT2D eigenvalue weighted by Crippen LogP contribution is -2.38. The van der Waals surface area contributed by atoms with Gasteiger partial charge in [0.05, 0.1) is 0 Å². The zero-order chi connectivity index (χ0) is 12.3. The predicted octanol–water partition coefficient (Wildman–Crippen LogP) is 2.60. The van der Waals surface area contributed by atoms with Gasteiger partial charge in [0, 0.05) is 6.04 Å². The lowest BCUT2D eigenvalue weighted by Gasteiger charge is -2.35. The van der Waals surface area contributed by atoms with E-state index in [1.165, 1.54) is 30.5 Å². The summed E-state index contributed by atoms with van der Waals surface area (Å²) in [6.45, 7) is 4.51. The minimum Gasteiger partial charge on any atom is -0.316 e. The first-order valence-electron chi connectivity index (χ1n) is 6.62. The van der Waals surface area contributed by atoms with Crippen LogP contribution in [0.25, 0.3) is 0 Å². The van der Waals surface area contributed by atoms with Gasteiger partial charge in [0.25, 0.3) is 0 Å². The summed E-state index contributed by atoms with van der Waals surface area (Å²) in [6, 6.07) is 9.50. The van der Waals surface area contributed by atoms with E-state index in [2.05, 4.69) is 55.5 Å². The third-order valence-electron chi connectivity index (χ3n) is 3.72. The Labute approximate surface area is 105 Å². The topological polar surface area (TPSA) is 15.3 Å². The van der Waals surface area contributed by atoms with E-state index in [0.717, 1.165) is 12.5 Å². The van der Waals surface area contributed by atoms with E-state index in [9.17, 15) is 0 Å². The number of aryl methyl sites for hydroxylation is 1. The number of hydrogen-bond donors (Lipinski definition) is 1. The molecule has 0 bridgehead atoms. The van der Waals surface area contributed by atoms with E-state index in [-0.39, 0.29) is 0 Å². The van der Waals surface area contributed by atoms with Crippen molar-refractivity contribution < 1.29 is 0 Å². The molecule has 1 heterocycles. The third-order valence-corrected chi connectivity index (χ3v) is 3.72. The molecule has 0 saturated carbocycles. The molecule has 2 atom stereocenters. The SMILES string of the molecule is Cc1cccc(C(C2CCCNC2)N(C)C)c1. The monoisotopic (exact) mass is 232 g/mol. The van der Waals surface area contributed by atoms with Gasteiger partial charge in [0.15, 0.2) is 0 Å². The summed E-state index contributed by atoms with van der Waals surface area (Å²) in [5.41, 5.74) is 2.82. The minimum atomic E-state index is 0.544. The highest BCUT2D eigenvalue weighted by Crippen LogP contribution is 2.31. The Morgan fingerprint density at radius 2 is 2.18 bits per heavy atom. The smallest absolute Gasteiger partial charge is 0.0382 e. The quantitative estimate of drug-likeness (QED) is 0.862. The second-order valence-electron chi connectivity index (χ2n) is 5.43. The fourth-order valence-electron chi connectivity index (χ4n) is 2.99. The predicted molar refractivity (Wildman–Crippen MR) is 73.2 cm³/mol. The van der Waals surface area contributed by atoms with Gasteiger partial charge in [0.1, 0.15) is 0 Å². The van der Waals surface area contributed by atoms with Crippen molar-refractivity contribution in [3.63, 3.8) is 0 Å². The molecule has 2 heteroatoms. The molecule has 0 radical (unpaired) electrons.